The van der Waals surface area contributed by atoms with Crippen LogP contribution in [0.15, 0.2) is 97.1 Å². The molecule has 0 spiro atoms. The Bertz CT molecular complexity index is 2000. The summed E-state index contributed by atoms with van der Waals surface area (Å²) in [6, 6.07) is 34.8. The first-order valence-corrected chi connectivity index (χ1v) is 12.1. The first-order valence-electron chi connectivity index (χ1n) is 12.1. The van der Waals surface area contributed by atoms with E-state index < -0.39 is 0 Å². The monoisotopic (exact) mass is 445 g/mol. The van der Waals surface area contributed by atoms with Crippen LogP contribution in [0.1, 0.15) is 5.82 Å². The van der Waals surface area contributed by atoms with E-state index in [1.54, 1.807) is 0 Å². The molecule has 1 aliphatic heterocycles. The second-order valence-electron chi connectivity index (χ2n) is 9.42. The summed E-state index contributed by atoms with van der Waals surface area (Å²) in [4.78, 5) is 9.80. The van der Waals surface area contributed by atoms with Gasteiger partial charge in [-0.15, -0.1) is 0 Å². The SMILES string of the molecule is Cc1nc(-n2c3ccccc3c3c4ccccc4c4c(c32)-c2ccccc2B4)c2ccccc2n1. The van der Waals surface area contributed by atoms with Crippen molar-refractivity contribution in [1.82, 2.24) is 14.5 Å². The highest BCUT2D eigenvalue weighted by Gasteiger charge is 2.29. The van der Waals surface area contributed by atoms with Crippen molar-refractivity contribution < 1.29 is 0 Å². The number of nitrogens with zero attached hydrogens (tertiary/aromatic N) is 3. The van der Waals surface area contributed by atoms with Gasteiger partial charge in [-0.05, 0) is 41.5 Å². The van der Waals surface area contributed by atoms with Gasteiger partial charge in [-0.1, -0.05) is 89.8 Å². The van der Waals surface area contributed by atoms with Crippen LogP contribution in [0, 0.1) is 6.92 Å². The van der Waals surface area contributed by atoms with Gasteiger partial charge in [0.1, 0.15) is 11.6 Å². The number of para-hydroxylation sites is 2. The summed E-state index contributed by atoms with van der Waals surface area (Å²) < 4.78 is 2.40. The van der Waals surface area contributed by atoms with Gasteiger partial charge < -0.3 is 0 Å². The average molecular weight is 445 g/mol. The minimum absolute atomic E-state index is 0.780. The van der Waals surface area contributed by atoms with Crippen molar-refractivity contribution in [2.75, 3.05) is 0 Å². The largest absolute Gasteiger partial charge is 0.293 e. The van der Waals surface area contributed by atoms with Crippen molar-refractivity contribution in [3.8, 4) is 16.9 Å². The molecule has 5 aromatic carbocycles. The van der Waals surface area contributed by atoms with Crippen LogP contribution in [-0.4, -0.2) is 21.8 Å². The molecule has 8 rings (SSSR count). The van der Waals surface area contributed by atoms with Crippen LogP contribution in [0.25, 0.3) is 60.4 Å². The zero-order valence-corrected chi connectivity index (χ0v) is 19.3. The highest BCUT2D eigenvalue weighted by molar-refractivity contribution is 6.77. The van der Waals surface area contributed by atoms with E-state index in [0.717, 1.165) is 29.8 Å². The number of hydrogen-bond acceptors (Lipinski definition) is 2. The molecule has 0 amide bonds. The van der Waals surface area contributed by atoms with E-state index in [0.29, 0.717) is 0 Å². The third-order valence-electron chi connectivity index (χ3n) is 7.50. The first kappa shape index (κ1) is 18.9. The molecule has 162 valence electrons. The number of aryl methyl sites for hydroxylation is 1. The maximum Gasteiger partial charge on any atom is 0.194 e. The van der Waals surface area contributed by atoms with Crippen LogP contribution in [0.2, 0.25) is 0 Å². The Labute approximate surface area is 202 Å². The van der Waals surface area contributed by atoms with E-state index in [9.17, 15) is 0 Å². The van der Waals surface area contributed by atoms with Crippen molar-refractivity contribution in [3.05, 3.63) is 103 Å². The molecule has 0 bridgehead atoms. The second kappa shape index (κ2) is 6.80. The standard InChI is InChI=1S/C31H20BN3/c1-18-33-25-16-8-5-13-22(25)31(34-18)35-26-17-9-6-14-23(26)27-19-10-2-3-11-20(19)29-28(30(27)35)21-12-4-7-15-24(21)32-29/h2-17,32H,1H3. The van der Waals surface area contributed by atoms with Crippen LogP contribution < -0.4 is 10.9 Å². The third kappa shape index (κ3) is 2.46. The van der Waals surface area contributed by atoms with E-state index >= 15 is 0 Å². The predicted octanol–water partition coefficient (Wildman–Crippen LogP) is 5.56. The molecule has 0 unspecified atom stereocenters. The molecular weight excluding hydrogens is 425 g/mol. The molecule has 4 heteroatoms. The van der Waals surface area contributed by atoms with Gasteiger partial charge in [-0.2, -0.15) is 0 Å². The van der Waals surface area contributed by atoms with Crippen molar-refractivity contribution in [3.63, 3.8) is 0 Å². The molecule has 7 aromatic rings. The Balaban J connectivity index is 1.70. The summed E-state index contributed by atoms with van der Waals surface area (Å²) in [6.07, 6.45) is 0. The van der Waals surface area contributed by atoms with E-state index in [1.807, 2.05) is 13.0 Å². The molecule has 3 heterocycles. The highest BCUT2D eigenvalue weighted by atomic mass is 15.1. The fraction of sp³-hybridized carbons (Fsp3) is 0.0323. The number of fused-ring (bicyclic) bond motifs is 11. The summed E-state index contributed by atoms with van der Waals surface area (Å²) in [6.45, 7) is 1.99. The minimum atomic E-state index is 0.780. The van der Waals surface area contributed by atoms with E-state index in [1.165, 1.54) is 54.6 Å². The summed E-state index contributed by atoms with van der Waals surface area (Å²) in [7, 11) is 0.951. The van der Waals surface area contributed by atoms with Crippen molar-refractivity contribution in [2.24, 2.45) is 0 Å². The predicted molar refractivity (Wildman–Crippen MR) is 148 cm³/mol. The Morgan fingerprint density at radius 2 is 1.34 bits per heavy atom. The molecule has 2 aromatic heterocycles. The van der Waals surface area contributed by atoms with E-state index in [2.05, 4.69) is 95.6 Å². The lowest BCUT2D eigenvalue weighted by atomic mass is 9.66. The molecule has 0 saturated heterocycles. The normalized spacial score (nSPS) is 12.4. The second-order valence-corrected chi connectivity index (χ2v) is 9.42. The fourth-order valence-corrected chi connectivity index (χ4v) is 6.14. The zero-order valence-electron chi connectivity index (χ0n) is 19.3. The van der Waals surface area contributed by atoms with Gasteiger partial charge in [0.05, 0.1) is 16.6 Å². The van der Waals surface area contributed by atoms with Crippen LogP contribution >= 0.6 is 0 Å². The van der Waals surface area contributed by atoms with Crippen LogP contribution in [0.5, 0.6) is 0 Å². The van der Waals surface area contributed by atoms with Crippen molar-refractivity contribution in [2.45, 2.75) is 6.92 Å². The quantitative estimate of drug-likeness (QED) is 0.310. The van der Waals surface area contributed by atoms with Gasteiger partial charge in [0.2, 0.25) is 0 Å². The molecule has 0 atom stereocenters. The maximum atomic E-state index is 5.06. The van der Waals surface area contributed by atoms with Crippen LogP contribution in [0.4, 0.5) is 0 Å². The Morgan fingerprint density at radius 1 is 0.657 bits per heavy atom. The molecule has 0 radical (unpaired) electrons. The zero-order chi connectivity index (χ0) is 23.1. The number of rotatable bonds is 1. The van der Waals surface area contributed by atoms with Crippen molar-refractivity contribution in [1.29, 1.82) is 0 Å². The Hall–Kier alpha value is -4.44. The molecule has 35 heavy (non-hydrogen) atoms. The van der Waals surface area contributed by atoms with Gasteiger partial charge in [-0.3, -0.25) is 4.57 Å². The molecule has 0 fully saturated rings. The summed E-state index contributed by atoms with van der Waals surface area (Å²) in [5, 5.41) is 6.27. The number of benzene rings is 5. The fourth-order valence-electron chi connectivity index (χ4n) is 6.14. The first-order chi connectivity index (χ1) is 17.3. The lowest BCUT2D eigenvalue weighted by Crippen LogP contribution is -2.21. The van der Waals surface area contributed by atoms with Gasteiger partial charge in [0, 0.05) is 21.7 Å². The number of aromatic nitrogens is 3. The lowest BCUT2D eigenvalue weighted by Gasteiger charge is -2.15. The lowest BCUT2D eigenvalue weighted by molar-refractivity contribution is 1.01. The summed E-state index contributed by atoms with van der Waals surface area (Å²) in [5.41, 5.74) is 8.86. The van der Waals surface area contributed by atoms with Crippen LogP contribution in [0.3, 0.4) is 0 Å². The molecule has 3 nitrogen and oxygen atoms in total. The Morgan fingerprint density at radius 3 is 2.23 bits per heavy atom. The maximum absolute atomic E-state index is 5.06. The molecule has 1 aliphatic rings. The Kier molecular flexibility index (Phi) is 3.68. The topological polar surface area (TPSA) is 30.7 Å². The van der Waals surface area contributed by atoms with Gasteiger partial charge in [-0.25, -0.2) is 9.97 Å². The van der Waals surface area contributed by atoms with Gasteiger partial charge in [0.25, 0.3) is 0 Å². The smallest absolute Gasteiger partial charge is 0.194 e. The van der Waals surface area contributed by atoms with Crippen molar-refractivity contribution >= 4 is 61.7 Å². The van der Waals surface area contributed by atoms with Gasteiger partial charge in [0.15, 0.2) is 7.28 Å². The summed E-state index contributed by atoms with van der Waals surface area (Å²) >= 11 is 0. The van der Waals surface area contributed by atoms with Crippen LogP contribution in [-0.2, 0) is 0 Å². The van der Waals surface area contributed by atoms with E-state index in [4.69, 9.17) is 9.97 Å². The average Bonchev–Trinajstić information content (AvgIpc) is 3.45. The molecule has 0 saturated carbocycles. The molecule has 0 aliphatic carbocycles. The molecule has 0 N–H and O–H groups in total. The minimum Gasteiger partial charge on any atom is -0.293 e. The third-order valence-corrected chi connectivity index (χ3v) is 7.50. The number of hydrogen-bond donors (Lipinski definition) is 0. The highest BCUT2D eigenvalue weighted by Crippen LogP contribution is 2.42. The summed E-state index contributed by atoms with van der Waals surface area (Å²) in [5.74, 6) is 1.73. The van der Waals surface area contributed by atoms with E-state index in [-0.39, 0.29) is 0 Å². The molecular formula is C31H20BN3. The van der Waals surface area contributed by atoms with Gasteiger partial charge >= 0.3 is 0 Å².